The van der Waals surface area contributed by atoms with Crippen LogP contribution in [-0.2, 0) is 6.54 Å². The predicted octanol–water partition coefficient (Wildman–Crippen LogP) is 3.33. The van der Waals surface area contributed by atoms with Gasteiger partial charge in [-0.1, -0.05) is 49.4 Å². The molecule has 0 aliphatic rings. The van der Waals surface area contributed by atoms with Crippen molar-refractivity contribution >= 4 is 11.6 Å². The van der Waals surface area contributed by atoms with Crippen LogP contribution in [0.1, 0.15) is 29.4 Å². The van der Waals surface area contributed by atoms with Gasteiger partial charge in [-0.25, -0.2) is 4.68 Å². The van der Waals surface area contributed by atoms with Gasteiger partial charge in [0.1, 0.15) is 11.4 Å². The average Bonchev–Trinajstić information content (AvgIpc) is 2.69. The molecule has 3 aromatic rings. The van der Waals surface area contributed by atoms with Crippen molar-refractivity contribution in [2.75, 3.05) is 11.9 Å². The highest BCUT2D eigenvalue weighted by atomic mass is 16.5. The van der Waals surface area contributed by atoms with Crippen LogP contribution in [0.3, 0.4) is 0 Å². The Balaban J connectivity index is 1.80. The molecule has 0 radical (unpaired) electrons. The number of aromatic nitrogens is 2. The van der Waals surface area contributed by atoms with Crippen molar-refractivity contribution in [3.05, 3.63) is 88.3 Å². The summed E-state index contributed by atoms with van der Waals surface area (Å²) in [6, 6.07) is 19.5. The lowest BCUT2D eigenvalue weighted by Crippen LogP contribution is -2.26. The summed E-state index contributed by atoms with van der Waals surface area (Å²) in [5.41, 5.74) is 1.40. The molecule has 1 N–H and O–H groups in total. The maximum atomic E-state index is 12.6. The fourth-order valence-corrected chi connectivity index (χ4v) is 2.53. The smallest absolute Gasteiger partial charge is 0.276 e. The quantitative estimate of drug-likeness (QED) is 0.699. The lowest BCUT2D eigenvalue weighted by Gasteiger charge is -2.12. The Morgan fingerprint density at radius 1 is 1.04 bits per heavy atom. The van der Waals surface area contributed by atoms with Crippen LogP contribution in [0.5, 0.6) is 5.75 Å². The molecular weight excluding hydrogens is 342 g/mol. The molecule has 0 spiro atoms. The molecule has 0 fully saturated rings. The van der Waals surface area contributed by atoms with Crippen molar-refractivity contribution < 1.29 is 9.53 Å². The molecule has 6 heteroatoms. The molecule has 138 valence electrons. The second-order valence-electron chi connectivity index (χ2n) is 6.00. The summed E-state index contributed by atoms with van der Waals surface area (Å²) in [6.07, 6.45) is 0.869. The third-order valence-corrected chi connectivity index (χ3v) is 3.87. The number of para-hydroxylation sites is 2. The Bertz CT molecular complexity index is 968. The highest BCUT2D eigenvalue weighted by molar-refractivity contribution is 6.03. The summed E-state index contributed by atoms with van der Waals surface area (Å²) >= 11 is 0. The Hall–Kier alpha value is -3.41. The number of rotatable bonds is 7. The van der Waals surface area contributed by atoms with Crippen LogP contribution < -0.4 is 15.6 Å². The number of hydrogen-bond acceptors (Lipinski definition) is 4. The van der Waals surface area contributed by atoms with Gasteiger partial charge in [-0.15, -0.1) is 0 Å². The van der Waals surface area contributed by atoms with Crippen molar-refractivity contribution in [1.29, 1.82) is 0 Å². The van der Waals surface area contributed by atoms with Crippen LogP contribution in [0.2, 0.25) is 0 Å². The minimum atomic E-state index is -0.399. The summed E-state index contributed by atoms with van der Waals surface area (Å²) in [5, 5.41) is 7.01. The van der Waals surface area contributed by atoms with E-state index in [4.69, 9.17) is 4.74 Å². The van der Waals surface area contributed by atoms with Gasteiger partial charge in [0.25, 0.3) is 11.5 Å². The summed E-state index contributed by atoms with van der Waals surface area (Å²) in [5.74, 6) is 0.203. The molecule has 2 aromatic carbocycles. The van der Waals surface area contributed by atoms with E-state index in [1.54, 1.807) is 12.1 Å². The number of carbonyl (C=O) groups excluding carboxylic acids is 1. The van der Waals surface area contributed by atoms with Crippen LogP contribution in [-0.4, -0.2) is 22.3 Å². The van der Waals surface area contributed by atoms with E-state index in [1.807, 2.05) is 49.4 Å². The number of nitrogens with zero attached hydrogens (tertiary/aromatic N) is 2. The maximum absolute atomic E-state index is 12.6. The third kappa shape index (κ3) is 4.82. The number of anilines is 1. The van der Waals surface area contributed by atoms with Gasteiger partial charge in [-0.2, -0.15) is 5.10 Å². The number of carbonyl (C=O) groups is 1. The van der Waals surface area contributed by atoms with Crippen LogP contribution >= 0.6 is 0 Å². The summed E-state index contributed by atoms with van der Waals surface area (Å²) in [6.45, 7) is 2.88. The molecule has 0 saturated carbocycles. The maximum Gasteiger partial charge on any atom is 0.276 e. The van der Waals surface area contributed by atoms with E-state index in [9.17, 15) is 9.59 Å². The van der Waals surface area contributed by atoms with Gasteiger partial charge in [-0.3, -0.25) is 9.59 Å². The molecule has 1 aromatic heterocycles. The van der Waals surface area contributed by atoms with Crippen LogP contribution in [0, 0.1) is 0 Å². The van der Waals surface area contributed by atoms with Crippen LogP contribution in [0.15, 0.2) is 71.5 Å². The van der Waals surface area contributed by atoms with Crippen molar-refractivity contribution in [3.8, 4) is 5.75 Å². The first kappa shape index (κ1) is 18.4. The molecule has 3 rings (SSSR count). The van der Waals surface area contributed by atoms with Gasteiger partial charge in [0.2, 0.25) is 0 Å². The lowest BCUT2D eigenvalue weighted by molar-refractivity contribution is 0.101. The zero-order valence-corrected chi connectivity index (χ0v) is 15.1. The largest absolute Gasteiger partial charge is 0.491 e. The van der Waals surface area contributed by atoms with Gasteiger partial charge in [0.15, 0.2) is 0 Å². The number of benzene rings is 2. The first-order chi connectivity index (χ1) is 13.2. The zero-order chi connectivity index (χ0) is 19.1. The van der Waals surface area contributed by atoms with E-state index >= 15 is 0 Å². The lowest BCUT2D eigenvalue weighted by atomic mass is 10.2. The number of amides is 1. The molecule has 0 atom stereocenters. The molecule has 1 amide bonds. The van der Waals surface area contributed by atoms with Crippen LogP contribution in [0.25, 0.3) is 0 Å². The summed E-state index contributed by atoms with van der Waals surface area (Å²) < 4.78 is 6.94. The molecule has 27 heavy (non-hydrogen) atoms. The molecule has 0 aliphatic carbocycles. The number of ether oxygens (including phenoxy) is 1. The Labute approximate surface area is 157 Å². The molecule has 0 unspecified atom stereocenters. The van der Waals surface area contributed by atoms with E-state index in [-0.39, 0.29) is 11.3 Å². The molecule has 6 nitrogen and oxygen atoms in total. The third-order valence-electron chi connectivity index (χ3n) is 3.87. The van der Waals surface area contributed by atoms with E-state index in [0.29, 0.717) is 24.6 Å². The zero-order valence-electron chi connectivity index (χ0n) is 15.1. The molecule has 0 bridgehead atoms. The Morgan fingerprint density at radius 2 is 1.78 bits per heavy atom. The van der Waals surface area contributed by atoms with Crippen molar-refractivity contribution in [1.82, 2.24) is 9.78 Å². The second kappa shape index (κ2) is 8.80. The van der Waals surface area contributed by atoms with Gasteiger partial charge >= 0.3 is 0 Å². The average molecular weight is 363 g/mol. The van der Waals surface area contributed by atoms with E-state index in [2.05, 4.69) is 10.4 Å². The molecule has 0 aliphatic heterocycles. The van der Waals surface area contributed by atoms with E-state index in [0.717, 1.165) is 12.0 Å². The highest BCUT2D eigenvalue weighted by Crippen LogP contribution is 2.24. The normalized spacial score (nSPS) is 10.4. The molecule has 0 saturated heterocycles. The van der Waals surface area contributed by atoms with Gasteiger partial charge in [-0.05, 0) is 30.2 Å². The SMILES string of the molecule is CCCOc1ccccc1NC(=O)c1ccc(=O)n(Cc2ccccc2)n1. The summed E-state index contributed by atoms with van der Waals surface area (Å²) in [7, 11) is 0. The second-order valence-corrected chi connectivity index (χ2v) is 6.00. The Kier molecular flexibility index (Phi) is 5.99. The summed E-state index contributed by atoms with van der Waals surface area (Å²) in [4.78, 5) is 24.7. The Morgan fingerprint density at radius 3 is 2.56 bits per heavy atom. The van der Waals surface area contributed by atoms with Gasteiger partial charge in [0, 0.05) is 6.07 Å². The minimum absolute atomic E-state index is 0.163. The van der Waals surface area contributed by atoms with Gasteiger partial charge in [0.05, 0.1) is 18.8 Å². The minimum Gasteiger partial charge on any atom is -0.491 e. The van der Waals surface area contributed by atoms with E-state index in [1.165, 1.54) is 16.8 Å². The highest BCUT2D eigenvalue weighted by Gasteiger charge is 2.13. The van der Waals surface area contributed by atoms with Crippen molar-refractivity contribution in [2.45, 2.75) is 19.9 Å². The number of nitrogens with one attached hydrogen (secondary N) is 1. The monoisotopic (exact) mass is 363 g/mol. The first-order valence-electron chi connectivity index (χ1n) is 8.82. The van der Waals surface area contributed by atoms with E-state index < -0.39 is 5.91 Å². The van der Waals surface area contributed by atoms with Gasteiger partial charge < -0.3 is 10.1 Å². The number of hydrogen-bond donors (Lipinski definition) is 1. The fraction of sp³-hybridized carbons (Fsp3) is 0.190. The molecule has 1 heterocycles. The first-order valence-corrected chi connectivity index (χ1v) is 8.82. The van der Waals surface area contributed by atoms with Crippen LogP contribution in [0.4, 0.5) is 5.69 Å². The van der Waals surface area contributed by atoms with Crippen molar-refractivity contribution in [2.24, 2.45) is 0 Å². The predicted molar refractivity (Wildman–Crippen MR) is 104 cm³/mol. The standard InChI is InChI=1S/C21H21N3O3/c1-2-14-27-19-11-7-6-10-17(19)22-21(26)18-12-13-20(25)24(23-18)15-16-8-4-3-5-9-16/h3-13H,2,14-15H2,1H3,(H,22,26). The fourth-order valence-electron chi connectivity index (χ4n) is 2.53. The topological polar surface area (TPSA) is 73.2 Å². The molecular formula is C21H21N3O3. The van der Waals surface area contributed by atoms with Crippen molar-refractivity contribution in [3.63, 3.8) is 0 Å².